The molecule has 3 nitrogen and oxygen atoms in total. The Balaban J connectivity index is 1.47. The molecule has 0 bridgehead atoms. The SMILES string of the molecule is Cc1cccc(C)c1OCCCCn1c(-c2ccc(Br)cc2)nc2ccccc21. The zero-order valence-electron chi connectivity index (χ0n) is 16.9. The predicted molar refractivity (Wildman–Crippen MR) is 124 cm³/mol. The maximum Gasteiger partial charge on any atom is 0.141 e. The maximum absolute atomic E-state index is 6.07. The molecule has 3 aromatic carbocycles. The van der Waals surface area contributed by atoms with Crippen LogP contribution >= 0.6 is 15.9 Å². The van der Waals surface area contributed by atoms with E-state index in [-0.39, 0.29) is 0 Å². The van der Waals surface area contributed by atoms with Gasteiger partial charge in [0.15, 0.2) is 0 Å². The van der Waals surface area contributed by atoms with E-state index < -0.39 is 0 Å². The molecule has 0 spiro atoms. The third-order valence-electron chi connectivity index (χ3n) is 5.19. The summed E-state index contributed by atoms with van der Waals surface area (Å²) in [5, 5.41) is 0. The number of para-hydroxylation sites is 3. The molecule has 148 valence electrons. The number of unbranched alkanes of at least 4 members (excludes halogenated alkanes) is 1. The summed E-state index contributed by atoms with van der Waals surface area (Å²) in [6, 6.07) is 23.0. The lowest BCUT2D eigenvalue weighted by Gasteiger charge is -2.13. The van der Waals surface area contributed by atoms with Gasteiger partial charge in [0.1, 0.15) is 11.6 Å². The molecule has 0 saturated heterocycles. The van der Waals surface area contributed by atoms with Crippen LogP contribution in [0.1, 0.15) is 24.0 Å². The van der Waals surface area contributed by atoms with Crippen LogP contribution in [0.5, 0.6) is 5.75 Å². The van der Waals surface area contributed by atoms with Gasteiger partial charge in [0.25, 0.3) is 0 Å². The first-order chi connectivity index (χ1) is 14.1. The smallest absolute Gasteiger partial charge is 0.141 e. The Morgan fingerprint density at radius 1 is 0.862 bits per heavy atom. The number of aromatic nitrogens is 2. The van der Waals surface area contributed by atoms with E-state index in [2.05, 4.69) is 95.0 Å². The van der Waals surface area contributed by atoms with Gasteiger partial charge >= 0.3 is 0 Å². The molecule has 29 heavy (non-hydrogen) atoms. The monoisotopic (exact) mass is 448 g/mol. The second-order valence-corrected chi connectivity index (χ2v) is 8.27. The Labute approximate surface area is 180 Å². The van der Waals surface area contributed by atoms with Crippen LogP contribution in [0.2, 0.25) is 0 Å². The van der Waals surface area contributed by atoms with E-state index in [9.17, 15) is 0 Å². The Bertz CT molecular complexity index is 1100. The van der Waals surface area contributed by atoms with Gasteiger partial charge in [-0.3, -0.25) is 0 Å². The lowest BCUT2D eigenvalue weighted by atomic mass is 10.1. The number of rotatable bonds is 7. The largest absolute Gasteiger partial charge is 0.493 e. The average molecular weight is 449 g/mol. The minimum Gasteiger partial charge on any atom is -0.493 e. The van der Waals surface area contributed by atoms with Gasteiger partial charge in [0.05, 0.1) is 17.6 Å². The van der Waals surface area contributed by atoms with E-state index in [1.54, 1.807) is 0 Å². The number of aryl methyl sites for hydroxylation is 3. The van der Waals surface area contributed by atoms with Gasteiger partial charge in [-0.05, 0) is 62.1 Å². The highest BCUT2D eigenvalue weighted by atomic mass is 79.9. The van der Waals surface area contributed by atoms with Gasteiger partial charge in [-0.1, -0.05) is 58.4 Å². The first-order valence-corrected chi connectivity index (χ1v) is 10.8. The lowest BCUT2D eigenvalue weighted by molar-refractivity contribution is 0.300. The van der Waals surface area contributed by atoms with Crippen molar-refractivity contribution in [3.8, 4) is 17.1 Å². The summed E-state index contributed by atoms with van der Waals surface area (Å²) < 4.78 is 9.48. The molecule has 4 rings (SSSR count). The van der Waals surface area contributed by atoms with Gasteiger partial charge in [-0.25, -0.2) is 4.98 Å². The van der Waals surface area contributed by atoms with Crippen molar-refractivity contribution in [2.45, 2.75) is 33.2 Å². The third-order valence-corrected chi connectivity index (χ3v) is 5.72. The Hall–Kier alpha value is -2.59. The zero-order chi connectivity index (χ0) is 20.2. The van der Waals surface area contributed by atoms with Crippen molar-refractivity contribution in [2.24, 2.45) is 0 Å². The van der Waals surface area contributed by atoms with Crippen molar-refractivity contribution in [3.63, 3.8) is 0 Å². The normalized spacial score (nSPS) is 11.1. The zero-order valence-corrected chi connectivity index (χ0v) is 18.4. The number of halogens is 1. The molecule has 0 aliphatic rings. The van der Waals surface area contributed by atoms with Gasteiger partial charge in [0.2, 0.25) is 0 Å². The van der Waals surface area contributed by atoms with E-state index in [0.29, 0.717) is 0 Å². The van der Waals surface area contributed by atoms with E-state index in [4.69, 9.17) is 9.72 Å². The average Bonchev–Trinajstić information content (AvgIpc) is 3.09. The molecule has 0 aliphatic carbocycles. The van der Waals surface area contributed by atoms with Crippen molar-refractivity contribution in [1.29, 1.82) is 0 Å². The molecule has 1 aromatic heterocycles. The summed E-state index contributed by atoms with van der Waals surface area (Å²) in [5.41, 5.74) is 5.75. The highest BCUT2D eigenvalue weighted by Crippen LogP contribution is 2.27. The van der Waals surface area contributed by atoms with Gasteiger partial charge in [-0.2, -0.15) is 0 Å². The summed E-state index contributed by atoms with van der Waals surface area (Å²) in [5.74, 6) is 2.05. The minimum atomic E-state index is 0.728. The number of nitrogens with zero attached hydrogens (tertiary/aromatic N) is 2. The molecule has 0 aliphatic heterocycles. The Morgan fingerprint density at radius 3 is 2.34 bits per heavy atom. The number of benzene rings is 3. The van der Waals surface area contributed by atoms with Crippen molar-refractivity contribution in [3.05, 3.63) is 82.3 Å². The van der Waals surface area contributed by atoms with Crippen molar-refractivity contribution < 1.29 is 4.74 Å². The molecule has 0 radical (unpaired) electrons. The van der Waals surface area contributed by atoms with Crippen LogP contribution in [0.25, 0.3) is 22.4 Å². The summed E-state index contributed by atoms with van der Waals surface area (Å²) in [4.78, 5) is 4.90. The van der Waals surface area contributed by atoms with E-state index >= 15 is 0 Å². The molecular weight excluding hydrogens is 424 g/mol. The van der Waals surface area contributed by atoms with Crippen LogP contribution in [0.3, 0.4) is 0 Å². The first-order valence-electron chi connectivity index (χ1n) is 10.0. The molecule has 0 fully saturated rings. The molecule has 1 heterocycles. The molecule has 0 saturated carbocycles. The number of hydrogen-bond donors (Lipinski definition) is 0. The first kappa shape index (κ1) is 19.7. The van der Waals surface area contributed by atoms with Crippen LogP contribution in [-0.4, -0.2) is 16.2 Å². The number of hydrogen-bond acceptors (Lipinski definition) is 2. The van der Waals surface area contributed by atoms with Crippen LogP contribution in [-0.2, 0) is 6.54 Å². The van der Waals surface area contributed by atoms with Gasteiger partial charge < -0.3 is 9.30 Å². The lowest BCUT2D eigenvalue weighted by Crippen LogP contribution is -2.05. The fraction of sp³-hybridized carbons (Fsp3) is 0.240. The number of ether oxygens (including phenoxy) is 1. The Kier molecular flexibility index (Phi) is 6.00. The maximum atomic E-state index is 6.07. The van der Waals surface area contributed by atoms with Crippen LogP contribution < -0.4 is 4.74 Å². The van der Waals surface area contributed by atoms with E-state index in [1.807, 2.05) is 6.07 Å². The van der Waals surface area contributed by atoms with Crippen LogP contribution in [0.4, 0.5) is 0 Å². The number of imidazole rings is 1. The molecule has 0 N–H and O–H groups in total. The quantitative estimate of drug-likeness (QED) is 0.286. The highest BCUT2D eigenvalue weighted by Gasteiger charge is 2.12. The van der Waals surface area contributed by atoms with Crippen LogP contribution in [0, 0.1) is 13.8 Å². The highest BCUT2D eigenvalue weighted by molar-refractivity contribution is 9.10. The molecule has 4 aromatic rings. The summed E-state index contributed by atoms with van der Waals surface area (Å²) in [6.45, 7) is 5.85. The standard InChI is InChI=1S/C25H25BrN2O/c1-18-8-7-9-19(2)24(18)29-17-6-5-16-28-23-11-4-3-10-22(23)27-25(28)20-12-14-21(26)15-13-20/h3-4,7-15H,5-6,16-17H2,1-2H3. The Morgan fingerprint density at radius 2 is 1.59 bits per heavy atom. The molecule has 0 unspecified atom stereocenters. The third kappa shape index (κ3) is 4.38. The van der Waals surface area contributed by atoms with Crippen molar-refractivity contribution in [2.75, 3.05) is 6.61 Å². The number of fused-ring (bicyclic) bond motifs is 1. The minimum absolute atomic E-state index is 0.728. The van der Waals surface area contributed by atoms with E-state index in [0.717, 1.165) is 53.1 Å². The van der Waals surface area contributed by atoms with Crippen molar-refractivity contribution in [1.82, 2.24) is 9.55 Å². The van der Waals surface area contributed by atoms with Gasteiger partial charge in [0, 0.05) is 16.6 Å². The predicted octanol–water partition coefficient (Wildman–Crippen LogP) is 6.94. The fourth-order valence-electron chi connectivity index (χ4n) is 3.69. The molecular formula is C25H25BrN2O. The fourth-order valence-corrected chi connectivity index (χ4v) is 3.96. The summed E-state index contributed by atoms with van der Waals surface area (Å²) >= 11 is 3.52. The summed E-state index contributed by atoms with van der Waals surface area (Å²) in [7, 11) is 0. The van der Waals surface area contributed by atoms with Crippen LogP contribution in [0.15, 0.2) is 71.2 Å². The second-order valence-electron chi connectivity index (χ2n) is 7.36. The molecule has 4 heteroatoms. The molecule has 0 atom stereocenters. The summed E-state index contributed by atoms with van der Waals surface area (Å²) in [6.07, 6.45) is 2.04. The van der Waals surface area contributed by atoms with E-state index in [1.165, 1.54) is 16.6 Å². The topological polar surface area (TPSA) is 27.1 Å². The second kappa shape index (κ2) is 8.83. The van der Waals surface area contributed by atoms with Gasteiger partial charge in [-0.15, -0.1) is 0 Å². The van der Waals surface area contributed by atoms with Crippen molar-refractivity contribution >= 4 is 27.0 Å². The molecule has 0 amide bonds.